The van der Waals surface area contributed by atoms with Crippen LogP contribution >= 0.6 is 0 Å². The zero-order valence-corrected chi connectivity index (χ0v) is 11.6. The van der Waals surface area contributed by atoms with Crippen molar-refractivity contribution in [1.29, 1.82) is 0 Å². The molecule has 0 amide bonds. The number of nitrogens with one attached hydrogen (secondary N) is 1. The van der Waals surface area contributed by atoms with Crippen molar-refractivity contribution in [2.75, 3.05) is 13.2 Å². The summed E-state index contributed by atoms with van der Waals surface area (Å²) in [4.78, 5) is 14.4. The summed E-state index contributed by atoms with van der Waals surface area (Å²) in [6.07, 6.45) is 4.73. The van der Waals surface area contributed by atoms with Gasteiger partial charge in [0.15, 0.2) is 5.58 Å². The lowest BCUT2D eigenvalue weighted by Crippen LogP contribution is -2.35. The van der Waals surface area contributed by atoms with Crippen molar-refractivity contribution in [2.45, 2.75) is 31.7 Å². The minimum absolute atomic E-state index is 0.00578. The first-order valence-electron chi connectivity index (χ1n) is 7.13. The molecule has 2 aromatic rings. The molecule has 0 radical (unpaired) electrons. The van der Waals surface area contributed by atoms with E-state index < -0.39 is 4.92 Å². The number of fused-ring (bicyclic) bond motifs is 1. The SMILES string of the molecule is O=[N+]([O-])c1ccc2oc(OCCC3CCCCN3)nc2c1. The van der Waals surface area contributed by atoms with Crippen LogP contribution < -0.4 is 10.1 Å². The highest BCUT2D eigenvalue weighted by Crippen LogP contribution is 2.24. The van der Waals surface area contributed by atoms with Gasteiger partial charge in [0.05, 0.1) is 11.5 Å². The van der Waals surface area contributed by atoms with Gasteiger partial charge in [-0.2, -0.15) is 4.98 Å². The van der Waals surface area contributed by atoms with E-state index in [-0.39, 0.29) is 11.8 Å². The van der Waals surface area contributed by atoms with Gasteiger partial charge in [0.1, 0.15) is 5.52 Å². The number of hydrogen-bond acceptors (Lipinski definition) is 6. The van der Waals surface area contributed by atoms with Crippen molar-refractivity contribution < 1.29 is 14.1 Å². The van der Waals surface area contributed by atoms with Crippen LogP contribution in [0.3, 0.4) is 0 Å². The number of hydrogen-bond donors (Lipinski definition) is 1. The number of rotatable bonds is 5. The van der Waals surface area contributed by atoms with Crippen LogP contribution in [0.1, 0.15) is 25.7 Å². The largest absolute Gasteiger partial charge is 0.450 e. The Kier molecular flexibility index (Phi) is 4.01. The average Bonchev–Trinajstić information content (AvgIpc) is 2.90. The minimum atomic E-state index is -0.455. The number of benzene rings is 1. The first-order chi connectivity index (χ1) is 10.2. The van der Waals surface area contributed by atoms with E-state index in [1.54, 1.807) is 0 Å². The summed E-state index contributed by atoms with van der Waals surface area (Å²) < 4.78 is 10.9. The monoisotopic (exact) mass is 291 g/mol. The number of non-ortho nitro benzene ring substituents is 1. The number of piperidine rings is 1. The Labute approximate surface area is 121 Å². The van der Waals surface area contributed by atoms with Gasteiger partial charge in [0, 0.05) is 18.2 Å². The number of oxazole rings is 1. The molecule has 112 valence electrons. The van der Waals surface area contributed by atoms with Gasteiger partial charge in [-0.15, -0.1) is 0 Å². The Morgan fingerprint density at radius 2 is 2.38 bits per heavy atom. The Morgan fingerprint density at radius 3 is 3.14 bits per heavy atom. The Balaban J connectivity index is 1.60. The highest BCUT2D eigenvalue weighted by molar-refractivity contribution is 5.75. The zero-order valence-electron chi connectivity index (χ0n) is 11.6. The van der Waals surface area contributed by atoms with Gasteiger partial charge in [0.25, 0.3) is 5.69 Å². The smallest absolute Gasteiger partial charge is 0.394 e. The van der Waals surface area contributed by atoms with E-state index in [4.69, 9.17) is 9.15 Å². The molecule has 1 saturated heterocycles. The minimum Gasteiger partial charge on any atom is -0.450 e. The van der Waals surface area contributed by atoms with E-state index in [1.807, 2.05) is 0 Å². The number of aromatic nitrogens is 1. The summed E-state index contributed by atoms with van der Waals surface area (Å²) in [5, 5.41) is 14.2. The molecular formula is C14H17N3O4. The van der Waals surface area contributed by atoms with Crippen molar-refractivity contribution in [3.8, 4) is 6.08 Å². The van der Waals surface area contributed by atoms with E-state index in [0.29, 0.717) is 23.7 Å². The van der Waals surface area contributed by atoms with Crippen LogP contribution in [-0.4, -0.2) is 29.1 Å². The van der Waals surface area contributed by atoms with Crippen molar-refractivity contribution >= 4 is 16.8 Å². The molecule has 1 fully saturated rings. The van der Waals surface area contributed by atoms with Crippen LogP contribution in [0, 0.1) is 10.1 Å². The van der Waals surface area contributed by atoms with Gasteiger partial charge in [-0.1, -0.05) is 6.42 Å². The predicted octanol–water partition coefficient (Wildman–Crippen LogP) is 2.65. The second-order valence-electron chi connectivity index (χ2n) is 5.17. The standard InChI is InChI=1S/C14H17N3O4/c18-17(19)11-4-5-13-12(9-11)16-14(21-13)20-8-6-10-3-1-2-7-15-10/h4-5,9-10,15H,1-3,6-8H2. The average molecular weight is 291 g/mol. The second kappa shape index (κ2) is 6.09. The van der Waals surface area contributed by atoms with Crippen LogP contribution in [0.25, 0.3) is 11.1 Å². The summed E-state index contributed by atoms with van der Waals surface area (Å²) in [7, 11) is 0. The summed E-state index contributed by atoms with van der Waals surface area (Å²) >= 11 is 0. The second-order valence-corrected chi connectivity index (χ2v) is 5.17. The molecule has 1 atom stereocenters. The maximum absolute atomic E-state index is 10.7. The van der Waals surface area contributed by atoms with E-state index >= 15 is 0 Å². The van der Waals surface area contributed by atoms with Gasteiger partial charge < -0.3 is 14.5 Å². The summed E-state index contributed by atoms with van der Waals surface area (Å²) in [6.45, 7) is 1.59. The van der Waals surface area contributed by atoms with Gasteiger partial charge in [-0.3, -0.25) is 10.1 Å². The Hall–Kier alpha value is -2.15. The molecule has 0 aliphatic carbocycles. The highest BCUT2D eigenvalue weighted by atomic mass is 16.6. The lowest BCUT2D eigenvalue weighted by molar-refractivity contribution is -0.384. The zero-order chi connectivity index (χ0) is 14.7. The molecule has 2 heterocycles. The molecule has 7 nitrogen and oxygen atoms in total. The van der Waals surface area contributed by atoms with Crippen molar-refractivity contribution in [3.63, 3.8) is 0 Å². The topological polar surface area (TPSA) is 90.4 Å². The summed E-state index contributed by atoms with van der Waals surface area (Å²) in [5.74, 6) is 0. The van der Waals surface area contributed by atoms with Gasteiger partial charge >= 0.3 is 6.08 Å². The Morgan fingerprint density at radius 1 is 1.48 bits per heavy atom. The molecule has 1 aliphatic heterocycles. The van der Waals surface area contributed by atoms with Gasteiger partial charge in [-0.25, -0.2) is 0 Å². The van der Waals surface area contributed by atoms with Crippen LogP contribution in [-0.2, 0) is 0 Å². The van der Waals surface area contributed by atoms with E-state index in [0.717, 1.165) is 13.0 Å². The fourth-order valence-electron chi connectivity index (χ4n) is 2.53. The fourth-order valence-corrected chi connectivity index (χ4v) is 2.53. The summed E-state index contributed by atoms with van der Waals surface area (Å²) in [6, 6.07) is 4.80. The molecule has 0 saturated carbocycles. The highest BCUT2D eigenvalue weighted by Gasteiger charge is 2.14. The molecule has 3 rings (SSSR count). The molecule has 21 heavy (non-hydrogen) atoms. The number of nitro groups is 1. The van der Waals surface area contributed by atoms with Gasteiger partial charge in [-0.05, 0) is 31.9 Å². The molecule has 0 spiro atoms. The van der Waals surface area contributed by atoms with Crippen molar-refractivity contribution in [1.82, 2.24) is 10.3 Å². The first kappa shape index (κ1) is 13.8. The maximum atomic E-state index is 10.7. The molecule has 1 unspecified atom stereocenters. The molecule has 1 aromatic heterocycles. The molecule has 7 heteroatoms. The number of ether oxygens (including phenoxy) is 1. The predicted molar refractivity (Wildman–Crippen MR) is 76.4 cm³/mol. The molecule has 0 bridgehead atoms. The molecule has 1 aromatic carbocycles. The maximum Gasteiger partial charge on any atom is 0.394 e. The van der Waals surface area contributed by atoms with E-state index in [1.165, 1.54) is 37.5 Å². The third-order valence-corrected chi connectivity index (χ3v) is 3.67. The summed E-state index contributed by atoms with van der Waals surface area (Å²) in [5.41, 5.74) is 0.926. The van der Waals surface area contributed by atoms with E-state index in [9.17, 15) is 10.1 Å². The molecule has 1 aliphatic rings. The first-order valence-corrected chi connectivity index (χ1v) is 7.13. The number of nitro benzene ring substituents is 1. The lowest BCUT2D eigenvalue weighted by Gasteiger charge is -2.22. The third kappa shape index (κ3) is 3.30. The van der Waals surface area contributed by atoms with Crippen LogP contribution in [0.5, 0.6) is 6.08 Å². The van der Waals surface area contributed by atoms with Gasteiger partial charge in [0.2, 0.25) is 0 Å². The molecule has 1 N–H and O–H groups in total. The van der Waals surface area contributed by atoms with E-state index in [2.05, 4.69) is 10.3 Å². The van der Waals surface area contributed by atoms with Crippen LogP contribution in [0.4, 0.5) is 5.69 Å². The van der Waals surface area contributed by atoms with Crippen LogP contribution in [0.2, 0.25) is 0 Å². The Bertz CT molecular complexity index is 634. The quantitative estimate of drug-likeness (QED) is 0.672. The van der Waals surface area contributed by atoms with Crippen molar-refractivity contribution in [3.05, 3.63) is 28.3 Å². The number of nitrogens with zero attached hydrogens (tertiary/aromatic N) is 2. The molecular weight excluding hydrogens is 274 g/mol. The lowest BCUT2D eigenvalue weighted by atomic mass is 10.0. The van der Waals surface area contributed by atoms with Crippen LogP contribution in [0.15, 0.2) is 22.6 Å². The third-order valence-electron chi connectivity index (χ3n) is 3.67. The van der Waals surface area contributed by atoms with Crippen molar-refractivity contribution in [2.24, 2.45) is 0 Å². The fraction of sp³-hybridized carbons (Fsp3) is 0.500. The normalized spacial score (nSPS) is 18.8.